The molecule has 0 aromatic carbocycles. The SMILES string of the molecule is CCC(NC(=O)Cc1csc(C(C)(C)C)n1)c1cnn(CC)c1. The number of carbonyl (C=O) groups excluding carboxylic acids is 1. The van der Waals surface area contributed by atoms with Gasteiger partial charge in [0, 0.05) is 29.1 Å². The van der Waals surface area contributed by atoms with Gasteiger partial charge in [-0.2, -0.15) is 5.10 Å². The molecule has 2 aromatic heterocycles. The molecule has 0 aliphatic carbocycles. The van der Waals surface area contributed by atoms with Crippen molar-refractivity contribution in [3.05, 3.63) is 34.0 Å². The number of nitrogens with zero attached hydrogens (tertiary/aromatic N) is 3. The Morgan fingerprint density at radius 3 is 2.65 bits per heavy atom. The fourth-order valence-corrected chi connectivity index (χ4v) is 3.20. The maximum Gasteiger partial charge on any atom is 0.226 e. The van der Waals surface area contributed by atoms with Crippen LogP contribution < -0.4 is 5.32 Å². The predicted molar refractivity (Wildman–Crippen MR) is 93.6 cm³/mol. The van der Waals surface area contributed by atoms with E-state index in [4.69, 9.17) is 0 Å². The summed E-state index contributed by atoms with van der Waals surface area (Å²) in [6.07, 6.45) is 4.99. The molecule has 1 unspecified atom stereocenters. The van der Waals surface area contributed by atoms with Crippen LogP contribution in [0, 0.1) is 0 Å². The fraction of sp³-hybridized carbons (Fsp3) is 0.588. The number of aromatic nitrogens is 3. The van der Waals surface area contributed by atoms with Crippen molar-refractivity contribution in [2.24, 2.45) is 0 Å². The monoisotopic (exact) mass is 334 g/mol. The largest absolute Gasteiger partial charge is 0.349 e. The molecule has 0 radical (unpaired) electrons. The second kappa shape index (κ2) is 7.25. The summed E-state index contributed by atoms with van der Waals surface area (Å²) in [5.41, 5.74) is 1.92. The number of carbonyl (C=O) groups is 1. The molecule has 0 fully saturated rings. The van der Waals surface area contributed by atoms with Crippen molar-refractivity contribution in [1.82, 2.24) is 20.1 Å². The first-order valence-corrected chi connectivity index (χ1v) is 8.98. The maximum atomic E-state index is 12.3. The molecular formula is C17H26N4OS. The second-order valence-electron chi connectivity index (χ2n) is 6.73. The highest BCUT2D eigenvalue weighted by molar-refractivity contribution is 7.09. The first kappa shape index (κ1) is 17.7. The molecule has 126 valence electrons. The summed E-state index contributed by atoms with van der Waals surface area (Å²) in [5, 5.41) is 10.4. The van der Waals surface area contributed by atoms with E-state index in [9.17, 15) is 4.79 Å². The molecule has 5 nitrogen and oxygen atoms in total. The van der Waals surface area contributed by atoms with Crippen LogP contribution in [0.4, 0.5) is 0 Å². The summed E-state index contributed by atoms with van der Waals surface area (Å²) in [4.78, 5) is 16.9. The van der Waals surface area contributed by atoms with Crippen molar-refractivity contribution < 1.29 is 4.79 Å². The molecule has 0 saturated heterocycles. The Morgan fingerprint density at radius 2 is 2.13 bits per heavy atom. The van der Waals surface area contributed by atoms with E-state index in [2.05, 4.69) is 43.1 Å². The molecule has 0 saturated carbocycles. The number of amides is 1. The molecule has 0 bridgehead atoms. The third-order valence-electron chi connectivity index (χ3n) is 3.66. The van der Waals surface area contributed by atoms with Crippen molar-refractivity contribution in [3.8, 4) is 0 Å². The minimum absolute atomic E-state index is 0.00326. The Morgan fingerprint density at radius 1 is 1.39 bits per heavy atom. The highest BCUT2D eigenvalue weighted by atomic mass is 32.1. The van der Waals surface area contributed by atoms with Crippen molar-refractivity contribution in [1.29, 1.82) is 0 Å². The smallest absolute Gasteiger partial charge is 0.226 e. The third kappa shape index (κ3) is 4.64. The molecule has 2 aromatic rings. The molecule has 6 heteroatoms. The van der Waals surface area contributed by atoms with Crippen LogP contribution in [0.5, 0.6) is 0 Å². The Hall–Kier alpha value is -1.69. The first-order chi connectivity index (χ1) is 10.8. The highest BCUT2D eigenvalue weighted by Crippen LogP contribution is 2.25. The zero-order valence-corrected chi connectivity index (χ0v) is 15.4. The number of aryl methyl sites for hydroxylation is 1. The van der Waals surface area contributed by atoms with E-state index in [0.717, 1.165) is 29.2 Å². The fourth-order valence-electron chi connectivity index (χ4n) is 2.30. The Labute approximate surface area is 142 Å². The van der Waals surface area contributed by atoms with Gasteiger partial charge in [0.05, 0.1) is 29.4 Å². The van der Waals surface area contributed by atoms with Crippen LogP contribution >= 0.6 is 11.3 Å². The molecule has 0 aliphatic rings. The number of nitrogens with one attached hydrogen (secondary N) is 1. The first-order valence-electron chi connectivity index (χ1n) is 8.10. The van der Waals surface area contributed by atoms with E-state index in [1.807, 2.05) is 29.4 Å². The molecule has 23 heavy (non-hydrogen) atoms. The van der Waals surface area contributed by atoms with Gasteiger partial charge < -0.3 is 5.32 Å². The van der Waals surface area contributed by atoms with E-state index >= 15 is 0 Å². The lowest BCUT2D eigenvalue weighted by Gasteiger charge is -2.15. The van der Waals surface area contributed by atoms with Gasteiger partial charge >= 0.3 is 0 Å². The Balaban J connectivity index is 1.98. The van der Waals surface area contributed by atoms with Crippen LogP contribution in [0.3, 0.4) is 0 Å². The topological polar surface area (TPSA) is 59.8 Å². The lowest BCUT2D eigenvalue weighted by atomic mass is 9.98. The summed E-state index contributed by atoms with van der Waals surface area (Å²) in [7, 11) is 0. The highest BCUT2D eigenvalue weighted by Gasteiger charge is 2.20. The van der Waals surface area contributed by atoms with Crippen LogP contribution in [-0.2, 0) is 23.2 Å². The van der Waals surface area contributed by atoms with Crippen LogP contribution in [0.1, 0.15) is 63.3 Å². The van der Waals surface area contributed by atoms with Crippen molar-refractivity contribution in [2.75, 3.05) is 0 Å². The zero-order chi connectivity index (χ0) is 17.0. The summed E-state index contributed by atoms with van der Waals surface area (Å²) in [6, 6.07) is 0.00326. The number of hydrogen-bond acceptors (Lipinski definition) is 4. The number of hydrogen-bond donors (Lipinski definition) is 1. The van der Waals surface area contributed by atoms with Gasteiger partial charge in [-0.05, 0) is 13.3 Å². The molecular weight excluding hydrogens is 308 g/mol. The van der Waals surface area contributed by atoms with Gasteiger partial charge in [0.25, 0.3) is 0 Å². The van der Waals surface area contributed by atoms with Crippen molar-refractivity contribution in [2.45, 2.75) is 65.5 Å². The second-order valence-corrected chi connectivity index (χ2v) is 7.59. The lowest BCUT2D eigenvalue weighted by molar-refractivity contribution is -0.121. The van der Waals surface area contributed by atoms with Crippen molar-refractivity contribution >= 4 is 17.2 Å². The van der Waals surface area contributed by atoms with Crippen LogP contribution in [-0.4, -0.2) is 20.7 Å². The van der Waals surface area contributed by atoms with E-state index < -0.39 is 0 Å². The van der Waals surface area contributed by atoms with E-state index in [1.54, 1.807) is 11.3 Å². The van der Waals surface area contributed by atoms with Gasteiger partial charge in [-0.25, -0.2) is 4.98 Å². The molecule has 0 aliphatic heterocycles. The van der Waals surface area contributed by atoms with Crippen LogP contribution in [0.2, 0.25) is 0 Å². The number of rotatable bonds is 6. The molecule has 2 rings (SSSR count). The van der Waals surface area contributed by atoms with Gasteiger partial charge in [-0.15, -0.1) is 11.3 Å². The molecule has 0 spiro atoms. The summed E-state index contributed by atoms with van der Waals surface area (Å²) in [6.45, 7) is 11.3. The molecule has 1 atom stereocenters. The Kier molecular flexibility index (Phi) is 5.57. The van der Waals surface area contributed by atoms with Crippen LogP contribution in [0.25, 0.3) is 0 Å². The molecule has 1 N–H and O–H groups in total. The summed E-state index contributed by atoms with van der Waals surface area (Å²) < 4.78 is 1.88. The van der Waals surface area contributed by atoms with Gasteiger partial charge in [0.1, 0.15) is 0 Å². The lowest BCUT2D eigenvalue weighted by Crippen LogP contribution is -2.29. The third-order valence-corrected chi connectivity index (χ3v) is 4.97. The zero-order valence-electron chi connectivity index (χ0n) is 14.6. The van der Waals surface area contributed by atoms with E-state index in [-0.39, 0.29) is 17.4 Å². The Bertz CT molecular complexity index is 654. The quantitative estimate of drug-likeness (QED) is 0.880. The summed E-state index contributed by atoms with van der Waals surface area (Å²) in [5.74, 6) is 0.00635. The average molecular weight is 334 g/mol. The van der Waals surface area contributed by atoms with Crippen LogP contribution in [0.15, 0.2) is 17.8 Å². The standard InChI is InChI=1S/C17H26N4OS/c1-6-14(12-9-18-21(7-2)10-12)20-15(22)8-13-11-23-16(19-13)17(3,4)5/h9-11,14H,6-8H2,1-5H3,(H,20,22). The number of thiazole rings is 1. The molecule has 2 heterocycles. The minimum Gasteiger partial charge on any atom is -0.349 e. The van der Waals surface area contributed by atoms with Gasteiger partial charge in [0.2, 0.25) is 5.91 Å². The van der Waals surface area contributed by atoms with E-state index in [0.29, 0.717) is 6.42 Å². The summed E-state index contributed by atoms with van der Waals surface area (Å²) >= 11 is 1.62. The van der Waals surface area contributed by atoms with Crippen molar-refractivity contribution in [3.63, 3.8) is 0 Å². The maximum absolute atomic E-state index is 12.3. The minimum atomic E-state index is 0.00326. The molecule has 1 amide bonds. The van der Waals surface area contributed by atoms with E-state index in [1.165, 1.54) is 0 Å². The average Bonchev–Trinajstić information content (AvgIpc) is 3.12. The van der Waals surface area contributed by atoms with Gasteiger partial charge in [-0.3, -0.25) is 9.48 Å². The van der Waals surface area contributed by atoms with Gasteiger partial charge in [-0.1, -0.05) is 27.7 Å². The normalized spacial score (nSPS) is 13.1. The van der Waals surface area contributed by atoms with Gasteiger partial charge in [0.15, 0.2) is 0 Å². The predicted octanol–water partition coefficient (Wildman–Crippen LogP) is 3.47.